The first-order chi connectivity index (χ1) is 12.9. The second-order valence-corrected chi connectivity index (χ2v) is 8.85. The van der Waals surface area contributed by atoms with Crippen molar-refractivity contribution in [3.05, 3.63) is 29.8 Å². The maximum absolute atomic E-state index is 13.5. The zero-order chi connectivity index (χ0) is 19.5. The van der Waals surface area contributed by atoms with Gasteiger partial charge in [0.25, 0.3) is 5.91 Å². The van der Waals surface area contributed by atoms with Crippen LogP contribution in [0, 0.1) is 11.8 Å². The third kappa shape index (κ3) is 2.27. The summed E-state index contributed by atoms with van der Waals surface area (Å²) in [5.74, 6) is -0.815. The molecule has 6 nitrogen and oxygen atoms in total. The van der Waals surface area contributed by atoms with Gasteiger partial charge in [-0.05, 0) is 38.3 Å². The third-order valence-corrected chi connectivity index (χ3v) is 6.82. The van der Waals surface area contributed by atoms with Crippen molar-refractivity contribution in [3.8, 4) is 0 Å². The fourth-order valence-corrected chi connectivity index (χ4v) is 5.57. The van der Waals surface area contributed by atoms with Crippen molar-refractivity contribution in [2.24, 2.45) is 11.8 Å². The van der Waals surface area contributed by atoms with Crippen molar-refractivity contribution in [1.82, 2.24) is 10.2 Å². The van der Waals surface area contributed by atoms with Gasteiger partial charge in [-0.3, -0.25) is 24.6 Å². The number of carbonyl (C=O) groups is 3. The summed E-state index contributed by atoms with van der Waals surface area (Å²) in [4.78, 5) is 43.0. The molecule has 7 heteroatoms. The number of nitrogens with one attached hydrogen (secondary N) is 1. The van der Waals surface area contributed by atoms with E-state index in [-0.39, 0.29) is 29.8 Å². The lowest BCUT2D eigenvalue weighted by Crippen LogP contribution is -2.55. The summed E-state index contributed by atoms with van der Waals surface area (Å²) in [5, 5.41) is 3.49. The average molecular weight is 388 g/mol. The van der Waals surface area contributed by atoms with Crippen LogP contribution in [0.5, 0.6) is 0 Å². The summed E-state index contributed by atoms with van der Waals surface area (Å²) in [6.07, 6.45) is 2.77. The van der Waals surface area contributed by atoms with Crippen molar-refractivity contribution >= 4 is 35.2 Å². The number of benzene rings is 1. The fourth-order valence-electron chi connectivity index (χ4n) is 5.08. The number of likely N-dealkylation sites (N-methyl/N-ethyl adjacent to an activating group) is 1. The van der Waals surface area contributed by atoms with Crippen LogP contribution in [0.15, 0.2) is 24.3 Å². The Hall–Kier alpha value is -1.86. The number of likely N-dealkylation sites (tertiary alicyclic amines) is 1. The zero-order valence-electron chi connectivity index (χ0n) is 16.1. The van der Waals surface area contributed by atoms with Crippen molar-refractivity contribution in [2.45, 2.75) is 37.9 Å². The van der Waals surface area contributed by atoms with Crippen LogP contribution >= 0.6 is 11.8 Å². The van der Waals surface area contributed by atoms with Crippen molar-refractivity contribution < 1.29 is 14.4 Å². The molecule has 3 heterocycles. The number of anilines is 1. The molecule has 2 fully saturated rings. The van der Waals surface area contributed by atoms with Crippen LogP contribution in [0.25, 0.3) is 0 Å². The van der Waals surface area contributed by atoms with Gasteiger partial charge in [0, 0.05) is 30.4 Å². The van der Waals surface area contributed by atoms with Crippen LogP contribution in [0.2, 0.25) is 0 Å². The van der Waals surface area contributed by atoms with E-state index < -0.39 is 17.4 Å². The van der Waals surface area contributed by atoms with Crippen molar-refractivity contribution in [2.75, 3.05) is 24.0 Å². The van der Waals surface area contributed by atoms with E-state index in [1.807, 2.05) is 44.4 Å². The Morgan fingerprint density at radius 3 is 2.56 bits per heavy atom. The first kappa shape index (κ1) is 18.5. The van der Waals surface area contributed by atoms with Gasteiger partial charge in [0.15, 0.2) is 0 Å². The molecular formula is C20H25N3O3S. The van der Waals surface area contributed by atoms with E-state index >= 15 is 0 Å². The van der Waals surface area contributed by atoms with Gasteiger partial charge in [0.05, 0.1) is 11.8 Å². The summed E-state index contributed by atoms with van der Waals surface area (Å²) in [6.45, 7) is 3.70. The highest BCUT2D eigenvalue weighted by Gasteiger charge is 2.71. The Bertz CT molecular complexity index is 826. The molecule has 0 aromatic heterocycles. The molecule has 0 unspecified atom stereocenters. The molecule has 27 heavy (non-hydrogen) atoms. The first-order valence-corrected chi connectivity index (χ1v) is 10.8. The Balaban J connectivity index is 1.88. The lowest BCUT2D eigenvalue weighted by Gasteiger charge is -2.31. The standard InChI is InChI=1S/C20H25N3O3S/c1-11(2)23-17(24)15-13(9-10-27-4)21-20(16(15)18(23)25)12-7-5-6-8-14(12)22(3)19(20)26/h5-8,11,13,15-16,21H,9-10H2,1-4H3/t13-,15-,16-,20-/m1/s1. The van der Waals surface area contributed by atoms with E-state index in [2.05, 4.69) is 5.32 Å². The van der Waals surface area contributed by atoms with Gasteiger partial charge < -0.3 is 4.90 Å². The quantitative estimate of drug-likeness (QED) is 0.795. The van der Waals surface area contributed by atoms with E-state index in [9.17, 15) is 14.4 Å². The molecule has 0 aliphatic carbocycles. The Morgan fingerprint density at radius 2 is 1.89 bits per heavy atom. The molecule has 4 rings (SSSR count). The van der Waals surface area contributed by atoms with Crippen LogP contribution in [0.4, 0.5) is 5.69 Å². The zero-order valence-corrected chi connectivity index (χ0v) is 16.9. The van der Waals surface area contributed by atoms with Gasteiger partial charge in [0.2, 0.25) is 11.8 Å². The highest BCUT2D eigenvalue weighted by Crippen LogP contribution is 2.54. The first-order valence-electron chi connectivity index (χ1n) is 9.37. The van der Waals surface area contributed by atoms with Gasteiger partial charge >= 0.3 is 0 Å². The number of para-hydroxylation sites is 1. The number of amides is 3. The maximum Gasteiger partial charge on any atom is 0.252 e. The summed E-state index contributed by atoms with van der Waals surface area (Å²) in [6, 6.07) is 7.19. The second kappa shape index (κ2) is 6.34. The predicted octanol–water partition coefficient (Wildman–Crippen LogP) is 1.59. The molecule has 1 spiro atoms. The normalized spacial score (nSPS) is 32.2. The molecule has 144 valence electrons. The molecule has 1 aromatic carbocycles. The number of carbonyl (C=O) groups excluding carboxylic acids is 3. The van der Waals surface area contributed by atoms with Gasteiger partial charge in [-0.25, -0.2) is 0 Å². The van der Waals surface area contributed by atoms with Crippen molar-refractivity contribution in [3.63, 3.8) is 0 Å². The third-order valence-electron chi connectivity index (χ3n) is 6.18. The van der Waals surface area contributed by atoms with Crippen LogP contribution in [-0.4, -0.2) is 53.8 Å². The van der Waals surface area contributed by atoms with Crippen molar-refractivity contribution in [1.29, 1.82) is 0 Å². The maximum atomic E-state index is 13.5. The van der Waals surface area contributed by atoms with Gasteiger partial charge in [-0.2, -0.15) is 11.8 Å². The van der Waals surface area contributed by atoms with Gasteiger partial charge in [-0.1, -0.05) is 18.2 Å². The molecular weight excluding hydrogens is 362 g/mol. The molecule has 1 N–H and O–H groups in total. The minimum absolute atomic E-state index is 0.142. The summed E-state index contributed by atoms with van der Waals surface area (Å²) >= 11 is 1.70. The second-order valence-electron chi connectivity index (χ2n) is 7.87. The molecule has 3 amide bonds. The summed E-state index contributed by atoms with van der Waals surface area (Å²) < 4.78 is 0. The van der Waals surface area contributed by atoms with Crippen LogP contribution in [-0.2, 0) is 19.9 Å². The van der Waals surface area contributed by atoms with E-state index in [0.717, 1.165) is 23.4 Å². The number of thioether (sulfide) groups is 1. The number of nitrogens with zero attached hydrogens (tertiary/aromatic N) is 2. The average Bonchev–Trinajstić information content (AvgIpc) is 3.20. The van der Waals surface area contributed by atoms with E-state index in [4.69, 9.17) is 0 Å². The van der Waals surface area contributed by atoms with E-state index in [0.29, 0.717) is 0 Å². The molecule has 4 atom stereocenters. The Labute approximate surface area is 163 Å². The number of hydrogen-bond donors (Lipinski definition) is 1. The van der Waals surface area contributed by atoms with Crippen LogP contribution in [0.3, 0.4) is 0 Å². The molecule has 3 aliphatic heterocycles. The number of hydrogen-bond acceptors (Lipinski definition) is 5. The predicted molar refractivity (Wildman–Crippen MR) is 105 cm³/mol. The topological polar surface area (TPSA) is 69.7 Å². The lowest BCUT2D eigenvalue weighted by atomic mass is 9.76. The van der Waals surface area contributed by atoms with E-state index in [1.54, 1.807) is 23.7 Å². The van der Waals surface area contributed by atoms with E-state index in [1.165, 1.54) is 4.90 Å². The van der Waals surface area contributed by atoms with Crippen LogP contribution < -0.4 is 10.2 Å². The smallest absolute Gasteiger partial charge is 0.252 e. The molecule has 0 radical (unpaired) electrons. The number of rotatable bonds is 4. The number of fused-ring (bicyclic) bond motifs is 4. The fraction of sp³-hybridized carbons (Fsp3) is 0.550. The molecule has 1 aromatic rings. The monoisotopic (exact) mass is 387 g/mol. The number of imide groups is 1. The molecule has 2 saturated heterocycles. The highest BCUT2D eigenvalue weighted by atomic mass is 32.2. The SMILES string of the molecule is CSCC[C@H]1N[C@@]2(C(=O)N(C)c3ccccc32)[C@H]2C(=O)N(C(C)C)C(=O)[C@H]12. The van der Waals surface area contributed by atoms with Crippen LogP contribution in [0.1, 0.15) is 25.8 Å². The summed E-state index contributed by atoms with van der Waals surface area (Å²) in [7, 11) is 1.74. The largest absolute Gasteiger partial charge is 0.313 e. The minimum Gasteiger partial charge on any atom is -0.313 e. The Morgan fingerprint density at radius 1 is 1.19 bits per heavy atom. The minimum atomic E-state index is -1.14. The highest BCUT2D eigenvalue weighted by molar-refractivity contribution is 7.98. The van der Waals surface area contributed by atoms with Gasteiger partial charge in [0.1, 0.15) is 5.54 Å². The van der Waals surface area contributed by atoms with Gasteiger partial charge in [-0.15, -0.1) is 0 Å². The molecule has 3 aliphatic rings. The lowest BCUT2D eigenvalue weighted by molar-refractivity contribution is -0.144. The molecule has 0 bridgehead atoms. The molecule has 0 saturated carbocycles. The Kier molecular flexibility index (Phi) is 4.35. The summed E-state index contributed by atoms with van der Waals surface area (Å²) in [5.41, 5.74) is 0.476.